The van der Waals surface area contributed by atoms with E-state index >= 15 is 0 Å². The van der Waals surface area contributed by atoms with Crippen molar-refractivity contribution in [2.45, 2.75) is 59.2 Å². The lowest BCUT2D eigenvalue weighted by molar-refractivity contribution is -0.0699. The van der Waals surface area contributed by atoms with Gasteiger partial charge in [0.2, 0.25) is 0 Å². The minimum Gasteiger partial charge on any atom is -0.492 e. The number of amides is 2. The number of morpholine rings is 1. The van der Waals surface area contributed by atoms with E-state index in [4.69, 9.17) is 9.47 Å². The molecule has 0 bridgehead atoms. The van der Waals surface area contributed by atoms with Crippen LogP contribution in [0.3, 0.4) is 0 Å². The van der Waals surface area contributed by atoms with Gasteiger partial charge in [0.25, 0.3) is 0 Å². The first-order valence-corrected chi connectivity index (χ1v) is 14.3. The highest BCUT2D eigenvalue weighted by Gasteiger charge is 2.25. The average molecular weight is 556 g/mol. The van der Waals surface area contributed by atoms with Gasteiger partial charge in [-0.15, -0.1) is 0 Å². The van der Waals surface area contributed by atoms with Gasteiger partial charge in [0.1, 0.15) is 18.2 Å². The van der Waals surface area contributed by atoms with Crippen LogP contribution in [0.15, 0.2) is 66.9 Å². The maximum atomic E-state index is 13.4. The lowest BCUT2D eigenvalue weighted by Gasteiger charge is -2.35. The zero-order chi connectivity index (χ0) is 29.1. The molecule has 2 unspecified atom stereocenters. The summed E-state index contributed by atoms with van der Waals surface area (Å²) in [5, 5.41) is 12.6. The van der Waals surface area contributed by atoms with Crippen LogP contribution in [0.4, 0.5) is 16.3 Å². The number of ether oxygens (including phenoxy) is 2. The van der Waals surface area contributed by atoms with Crippen LogP contribution in [-0.2, 0) is 10.2 Å². The smallest absolute Gasteiger partial charge is 0.324 e. The summed E-state index contributed by atoms with van der Waals surface area (Å²) in [6, 6.07) is 19.6. The van der Waals surface area contributed by atoms with Gasteiger partial charge in [-0.2, -0.15) is 5.10 Å². The van der Waals surface area contributed by atoms with Crippen molar-refractivity contribution in [3.05, 3.63) is 78.0 Å². The molecule has 8 heteroatoms. The van der Waals surface area contributed by atoms with Crippen molar-refractivity contribution in [1.29, 1.82) is 0 Å². The highest BCUT2D eigenvalue weighted by atomic mass is 16.5. The van der Waals surface area contributed by atoms with Gasteiger partial charge in [0, 0.05) is 36.0 Å². The van der Waals surface area contributed by atoms with Crippen molar-refractivity contribution in [2.75, 3.05) is 36.9 Å². The number of nitrogens with one attached hydrogen (secondary N) is 2. The second-order valence-electron chi connectivity index (χ2n) is 12.0. The molecular formula is C33H41N5O3. The van der Waals surface area contributed by atoms with Gasteiger partial charge in [-0.1, -0.05) is 62.7 Å². The first kappa shape index (κ1) is 28.6. The molecule has 4 aromatic rings. The van der Waals surface area contributed by atoms with E-state index in [2.05, 4.69) is 55.3 Å². The number of aromatic nitrogens is 2. The van der Waals surface area contributed by atoms with Crippen LogP contribution in [0.2, 0.25) is 0 Å². The molecule has 3 aromatic carbocycles. The number of hydrogen-bond acceptors (Lipinski definition) is 5. The Morgan fingerprint density at radius 3 is 2.34 bits per heavy atom. The lowest BCUT2D eigenvalue weighted by atomic mass is 9.89. The quantitative estimate of drug-likeness (QED) is 0.263. The van der Waals surface area contributed by atoms with Crippen LogP contribution in [0.1, 0.15) is 45.7 Å². The van der Waals surface area contributed by atoms with E-state index in [9.17, 15) is 4.79 Å². The number of rotatable bonds is 7. The van der Waals surface area contributed by atoms with E-state index in [1.165, 1.54) is 0 Å². The van der Waals surface area contributed by atoms with E-state index in [0.717, 1.165) is 53.0 Å². The lowest BCUT2D eigenvalue weighted by Crippen LogP contribution is -2.46. The van der Waals surface area contributed by atoms with Crippen molar-refractivity contribution in [3.63, 3.8) is 0 Å². The number of fused-ring (bicyclic) bond motifs is 1. The molecule has 2 amide bonds. The van der Waals surface area contributed by atoms with Gasteiger partial charge in [-0.05, 0) is 50.5 Å². The Kier molecular flexibility index (Phi) is 8.33. The average Bonchev–Trinajstić information content (AvgIpc) is 3.33. The molecule has 2 N–H and O–H groups in total. The third-order valence-corrected chi connectivity index (χ3v) is 7.38. The van der Waals surface area contributed by atoms with Crippen LogP contribution in [-0.4, -0.2) is 59.2 Å². The van der Waals surface area contributed by atoms with Gasteiger partial charge in [0.05, 0.1) is 29.8 Å². The first-order valence-electron chi connectivity index (χ1n) is 14.3. The van der Waals surface area contributed by atoms with E-state index in [1.807, 2.05) is 73.8 Å². The zero-order valence-corrected chi connectivity index (χ0v) is 24.9. The summed E-state index contributed by atoms with van der Waals surface area (Å²) in [5.74, 6) is 1.45. The Bertz CT molecular complexity index is 1500. The van der Waals surface area contributed by atoms with Crippen LogP contribution in [0.25, 0.3) is 16.5 Å². The van der Waals surface area contributed by atoms with E-state index in [-0.39, 0.29) is 23.7 Å². The molecule has 0 radical (unpaired) electrons. The van der Waals surface area contributed by atoms with E-state index < -0.39 is 0 Å². The van der Waals surface area contributed by atoms with Gasteiger partial charge in [-0.25, -0.2) is 9.48 Å². The van der Waals surface area contributed by atoms with Crippen molar-refractivity contribution >= 4 is 28.3 Å². The molecule has 1 aliphatic rings. The number of benzene rings is 3. The monoisotopic (exact) mass is 555 g/mol. The maximum Gasteiger partial charge on any atom is 0.324 e. The molecule has 1 fully saturated rings. The predicted molar refractivity (Wildman–Crippen MR) is 166 cm³/mol. The van der Waals surface area contributed by atoms with Crippen LogP contribution < -0.4 is 15.4 Å². The van der Waals surface area contributed by atoms with Crippen molar-refractivity contribution in [2.24, 2.45) is 0 Å². The molecule has 2 heterocycles. The molecule has 0 spiro atoms. The molecule has 2 atom stereocenters. The highest BCUT2D eigenvalue weighted by molar-refractivity contribution is 6.07. The molecular weight excluding hydrogens is 514 g/mol. The summed E-state index contributed by atoms with van der Waals surface area (Å²) >= 11 is 0. The fourth-order valence-corrected chi connectivity index (χ4v) is 5.42. The number of carbonyl (C=O) groups excluding carboxylic acids is 1. The third-order valence-electron chi connectivity index (χ3n) is 7.38. The van der Waals surface area contributed by atoms with Gasteiger partial charge < -0.3 is 14.8 Å². The second-order valence-corrected chi connectivity index (χ2v) is 12.0. The summed E-state index contributed by atoms with van der Waals surface area (Å²) in [7, 11) is 0. The maximum absolute atomic E-state index is 13.4. The van der Waals surface area contributed by atoms with Gasteiger partial charge in [0.15, 0.2) is 0 Å². The molecule has 0 saturated carbocycles. The Morgan fingerprint density at radius 2 is 1.66 bits per heavy atom. The van der Waals surface area contributed by atoms with Crippen molar-refractivity contribution in [3.8, 4) is 11.4 Å². The molecule has 5 rings (SSSR count). The molecule has 1 aromatic heterocycles. The number of hydrogen-bond donors (Lipinski definition) is 2. The van der Waals surface area contributed by atoms with E-state index in [1.54, 1.807) is 4.68 Å². The first-order chi connectivity index (χ1) is 19.6. The molecule has 0 aliphatic carbocycles. The fourth-order valence-electron chi connectivity index (χ4n) is 5.42. The van der Waals surface area contributed by atoms with Crippen LogP contribution in [0, 0.1) is 6.92 Å². The minimum atomic E-state index is -0.334. The number of nitrogens with zero attached hydrogens (tertiary/aromatic N) is 3. The Hall–Kier alpha value is -3.88. The molecule has 8 nitrogen and oxygen atoms in total. The van der Waals surface area contributed by atoms with Crippen molar-refractivity contribution in [1.82, 2.24) is 14.7 Å². The number of anilines is 2. The van der Waals surface area contributed by atoms with Gasteiger partial charge >= 0.3 is 6.03 Å². The third kappa shape index (κ3) is 6.72. The summed E-state index contributed by atoms with van der Waals surface area (Å²) < 4.78 is 13.9. The molecule has 1 saturated heterocycles. The summed E-state index contributed by atoms with van der Waals surface area (Å²) in [6.07, 6.45) is 2.28. The topological polar surface area (TPSA) is 80.7 Å². The van der Waals surface area contributed by atoms with Crippen LogP contribution >= 0.6 is 0 Å². The second kappa shape index (κ2) is 11.9. The summed E-state index contributed by atoms with van der Waals surface area (Å²) in [6.45, 7) is 15.8. The Labute approximate surface area is 242 Å². The van der Waals surface area contributed by atoms with Gasteiger partial charge in [-0.3, -0.25) is 10.2 Å². The molecule has 216 valence electrons. The normalized spacial score (nSPS) is 17.9. The molecule has 1 aliphatic heterocycles. The largest absolute Gasteiger partial charge is 0.492 e. The summed E-state index contributed by atoms with van der Waals surface area (Å²) in [4.78, 5) is 15.8. The zero-order valence-electron chi connectivity index (χ0n) is 24.9. The molecule has 41 heavy (non-hydrogen) atoms. The summed E-state index contributed by atoms with van der Waals surface area (Å²) in [5.41, 5.74) is 3.49. The number of urea groups is 1. The van der Waals surface area contributed by atoms with E-state index in [0.29, 0.717) is 18.1 Å². The standard InChI is InChI=1S/C33H41N5O3/c1-22-11-13-25(14-12-22)38-31(28(19-34-38)33(4,5)6)36-32(39)35-29-15-16-30(27-10-8-7-9-26(27)29)40-18-17-37-20-23(2)41-24(3)21-37/h7-16,19,23-24H,17-18,20-21H2,1-6H3,(H2,35,36,39). The predicted octanol–water partition coefficient (Wildman–Crippen LogP) is 6.76. The minimum absolute atomic E-state index is 0.214. The SMILES string of the molecule is Cc1ccc(-n2ncc(C(C)(C)C)c2NC(=O)Nc2ccc(OCCN3CC(C)OC(C)C3)c3ccccc23)cc1. The highest BCUT2D eigenvalue weighted by Crippen LogP contribution is 2.34. The number of carbonyl (C=O) groups is 1. The van der Waals surface area contributed by atoms with Crippen LogP contribution in [0.5, 0.6) is 5.75 Å². The Morgan fingerprint density at radius 1 is 0.976 bits per heavy atom. The van der Waals surface area contributed by atoms with Crippen molar-refractivity contribution < 1.29 is 14.3 Å². The number of aryl methyl sites for hydroxylation is 1. The Balaban J connectivity index is 1.33. The fraction of sp³-hybridized carbons (Fsp3) is 0.394.